The summed E-state index contributed by atoms with van der Waals surface area (Å²) in [5.41, 5.74) is 6.34. The Hall–Kier alpha value is -4.32. The third-order valence-electron chi connectivity index (χ3n) is 6.16. The van der Waals surface area contributed by atoms with Crippen molar-refractivity contribution in [1.82, 2.24) is 0 Å². The van der Waals surface area contributed by atoms with Gasteiger partial charge in [0.2, 0.25) is 0 Å². The van der Waals surface area contributed by atoms with Gasteiger partial charge in [0.25, 0.3) is 0 Å². The first-order chi connectivity index (χ1) is 20.3. The van der Waals surface area contributed by atoms with Gasteiger partial charge in [-0.25, -0.2) is 14.4 Å². The van der Waals surface area contributed by atoms with E-state index < -0.39 is 42.5 Å². The SMILES string of the molecule is CC(C)CCOC(=O)Oc1ccc(C(CC(C)OC(=O)Oc2ccccc2)[C@H](N)C(=O)O)cc1OC(=O)OCCC(C)C. The minimum atomic E-state index is -1.44. The van der Waals surface area contributed by atoms with Crippen molar-refractivity contribution in [3.05, 3.63) is 54.1 Å². The monoisotopic (exact) mass is 603 g/mol. The molecule has 0 saturated carbocycles. The molecule has 2 rings (SSSR count). The van der Waals surface area contributed by atoms with Crippen LogP contribution >= 0.6 is 0 Å². The van der Waals surface area contributed by atoms with Gasteiger partial charge in [0.1, 0.15) is 17.9 Å². The van der Waals surface area contributed by atoms with Crippen LogP contribution in [0.4, 0.5) is 14.4 Å². The van der Waals surface area contributed by atoms with Gasteiger partial charge in [0, 0.05) is 5.92 Å². The average molecular weight is 604 g/mol. The van der Waals surface area contributed by atoms with Crippen molar-refractivity contribution in [2.24, 2.45) is 17.6 Å². The van der Waals surface area contributed by atoms with E-state index in [1.807, 2.05) is 27.7 Å². The van der Waals surface area contributed by atoms with Gasteiger partial charge >= 0.3 is 24.4 Å². The zero-order chi connectivity index (χ0) is 31.9. The van der Waals surface area contributed by atoms with Crippen molar-refractivity contribution in [2.75, 3.05) is 13.2 Å². The number of hydrogen-bond donors (Lipinski definition) is 2. The summed E-state index contributed by atoms with van der Waals surface area (Å²) in [7, 11) is 0. The Balaban J connectivity index is 2.28. The topological polar surface area (TPSA) is 170 Å². The molecule has 0 saturated heterocycles. The second-order valence-corrected chi connectivity index (χ2v) is 10.8. The summed E-state index contributed by atoms with van der Waals surface area (Å²) in [6.45, 7) is 9.66. The van der Waals surface area contributed by atoms with Gasteiger partial charge in [-0.15, -0.1) is 0 Å². The molecule has 0 fully saturated rings. The van der Waals surface area contributed by atoms with Crippen molar-refractivity contribution in [1.29, 1.82) is 0 Å². The fourth-order valence-electron chi connectivity index (χ4n) is 3.75. The molecule has 2 aromatic rings. The standard InChI is InChI=1S/C31H41NO11/c1-19(2)13-15-38-29(35)42-25-12-11-22(18-26(25)43-30(36)39-16-14-20(3)4)24(27(32)28(33)34)17-21(5)40-31(37)41-23-9-7-6-8-10-23/h6-12,18-21,24,27H,13-17,32H2,1-5H3,(H,33,34)/t21?,24?,27-/m0/s1. The molecule has 43 heavy (non-hydrogen) atoms. The van der Waals surface area contributed by atoms with Crippen LogP contribution in [0.2, 0.25) is 0 Å². The van der Waals surface area contributed by atoms with E-state index in [1.54, 1.807) is 37.3 Å². The molecule has 0 aliphatic heterocycles. The van der Waals surface area contributed by atoms with E-state index in [2.05, 4.69) is 0 Å². The zero-order valence-electron chi connectivity index (χ0n) is 25.1. The normalized spacial score (nSPS) is 13.0. The van der Waals surface area contributed by atoms with E-state index >= 15 is 0 Å². The maximum absolute atomic E-state index is 12.4. The molecule has 3 atom stereocenters. The summed E-state index contributed by atoms with van der Waals surface area (Å²) < 4.78 is 31.3. The number of aliphatic carboxylic acids is 1. The number of carboxylic acids is 1. The van der Waals surface area contributed by atoms with Crippen molar-refractivity contribution in [3.8, 4) is 17.2 Å². The van der Waals surface area contributed by atoms with Crippen LogP contribution in [0.15, 0.2) is 48.5 Å². The van der Waals surface area contributed by atoms with Crippen LogP contribution in [-0.2, 0) is 19.0 Å². The van der Waals surface area contributed by atoms with Crippen molar-refractivity contribution in [2.45, 2.75) is 71.9 Å². The molecule has 3 N–H and O–H groups in total. The van der Waals surface area contributed by atoms with E-state index in [0.29, 0.717) is 24.3 Å². The van der Waals surface area contributed by atoms with Crippen LogP contribution in [0, 0.1) is 11.8 Å². The summed E-state index contributed by atoms with van der Waals surface area (Å²) in [6.07, 6.45) is -2.68. The quantitative estimate of drug-likeness (QED) is 0.132. The van der Waals surface area contributed by atoms with Crippen LogP contribution in [0.1, 0.15) is 65.4 Å². The van der Waals surface area contributed by atoms with E-state index in [9.17, 15) is 24.3 Å². The number of hydrogen-bond acceptors (Lipinski definition) is 11. The predicted molar refractivity (Wildman–Crippen MR) is 155 cm³/mol. The highest BCUT2D eigenvalue weighted by atomic mass is 16.7. The molecule has 0 aliphatic carbocycles. The van der Waals surface area contributed by atoms with Gasteiger partial charge in [-0.05, 0) is 67.9 Å². The van der Waals surface area contributed by atoms with Crippen LogP contribution in [-0.4, -0.2) is 54.9 Å². The molecule has 12 nitrogen and oxygen atoms in total. The van der Waals surface area contributed by atoms with Gasteiger partial charge in [-0.3, -0.25) is 4.79 Å². The number of carboxylic acid groups (broad SMARTS) is 1. The lowest BCUT2D eigenvalue weighted by molar-refractivity contribution is -0.139. The van der Waals surface area contributed by atoms with E-state index in [-0.39, 0.29) is 42.8 Å². The van der Waals surface area contributed by atoms with E-state index in [4.69, 9.17) is 34.2 Å². The number of nitrogens with two attached hydrogens (primary N) is 1. The van der Waals surface area contributed by atoms with Crippen LogP contribution in [0.3, 0.4) is 0 Å². The molecule has 0 radical (unpaired) electrons. The van der Waals surface area contributed by atoms with Crippen molar-refractivity contribution in [3.63, 3.8) is 0 Å². The minimum Gasteiger partial charge on any atom is -0.480 e. The lowest BCUT2D eigenvalue weighted by Crippen LogP contribution is -2.38. The first-order valence-electron chi connectivity index (χ1n) is 14.1. The maximum atomic E-state index is 12.4. The van der Waals surface area contributed by atoms with Gasteiger partial charge in [-0.2, -0.15) is 0 Å². The lowest BCUT2D eigenvalue weighted by atomic mass is 9.87. The summed E-state index contributed by atoms with van der Waals surface area (Å²) in [6, 6.07) is 11.0. The third kappa shape index (κ3) is 13.0. The molecule has 2 aromatic carbocycles. The molecule has 236 valence electrons. The lowest BCUT2D eigenvalue weighted by Gasteiger charge is -2.25. The van der Waals surface area contributed by atoms with Crippen LogP contribution < -0.4 is 19.9 Å². The Kier molecular flexibility index (Phi) is 14.3. The highest BCUT2D eigenvalue weighted by Crippen LogP contribution is 2.35. The predicted octanol–water partition coefficient (Wildman–Crippen LogP) is 6.30. The maximum Gasteiger partial charge on any atom is 0.514 e. The molecule has 0 aliphatic rings. The number of benzene rings is 2. The smallest absolute Gasteiger partial charge is 0.480 e. The Morgan fingerprint density at radius 2 is 1.30 bits per heavy atom. The molecule has 2 unspecified atom stereocenters. The fraction of sp³-hybridized carbons (Fsp3) is 0.484. The van der Waals surface area contributed by atoms with Gasteiger partial charge in [-0.1, -0.05) is 52.0 Å². The molecular formula is C31H41NO11. The highest BCUT2D eigenvalue weighted by Gasteiger charge is 2.30. The van der Waals surface area contributed by atoms with Crippen molar-refractivity contribution < 1.29 is 52.7 Å². The molecule has 12 heteroatoms. The first-order valence-corrected chi connectivity index (χ1v) is 14.1. The number of carbonyl (C=O) groups excluding carboxylic acids is 3. The molecule has 0 aromatic heterocycles. The Labute approximate surface area is 251 Å². The highest BCUT2D eigenvalue weighted by molar-refractivity contribution is 5.75. The largest absolute Gasteiger partial charge is 0.514 e. The Morgan fingerprint density at radius 1 is 0.744 bits per heavy atom. The number of rotatable bonds is 15. The molecule has 0 heterocycles. The average Bonchev–Trinajstić information content (AvgIpc) is 2.92. The van der Waals surface area contributed by atoms with Crippen molar-refractivity contribution >= 4 is 24.4 Å². The summed E-state index contributed by atoms with van der Waals surface area (Å²) >= 11 is 0. The van der Waals surface area contributed by atoms with E-state index in [0.717, 1.165) is 0 Å². The second kappa shape index (κ2) is 17.6. The van der Waals surface area contributed by atoms with Crippen LogP contribution in [0.25, 0.3) is 0 Å². The summed E-state index contributed by atoms with van der Waals surface area (Å²) in [5.74, 6) is -1.75. The Morgan fingerprint density at radius 3 is 1.84 bits per heavy atom. The van der Waals surface area contributed by atoms with Crippen LogP contribution in [0.5, 0.6) is 17.2 Å². The second-order valence-electron chi connectivity index (χ2n) is 10.8. The molecule has 0 spiro atoms. The summed E-state index contributed by atoms with van der Waals surface area (Å²) in [4.78, 5) is 48.9. The molecule has 0 bridgehead atoms. The van der Waals surface area contributed by atoms with Gasteiger partial charge < -0.3 is 39.3 Å². The van der Waals surface area contributed by atoms with E-state index in [1.165, 1.54) is 18.2 Å². The fourth-order valence-corrected chi connectivity index (χ4v) is 3.75. The number of para-hydroxylation sites is 1. The summed E-state index contributed by atoms with van der Waals surface area (Å²) in [5, 5.41) is 9.71. The first kappa shape index (κ1) is 34.9. The zero-order valence-corrected chi connectivity index (χ0v) is 25.1. The van der Waals surface area contributed by atoms with Gasteiger partial charge in [0.15, 0.2) is 11.5 Å². The Bertz CT molecular complexity index is 1200. The van der Waals surface area contributed by atoms with Gasteiger partial charge in [0.05, 0.1) is 13.2 Å². The molecule has 0 amide bonds. The third-order valence-corrected chi connectivity index (χ3v) is 6.16. The molecular weight excluding hydrogens is 562 g/mol. The number of ether oxygens (including phenoxy) is 6. The minimum absolute atomic E-state index is 0.0346. The number of carbonyl (C=O) groups is 4.